The van der Waals surface area contributed by atoms with Crippen LogP contribution in [0.4, 0.5) is 5.69 Å². The van der Waals surface area contributed by atoms with Crippen molar-refractivity contribution in [2.75, 3.05) is 6.61 Å². The molecule has 0 saturated heterocycles. The van der Waals surface area contributed by atoms with E-state index in [0.717, 1.165) is 5.56 Å². The summed E-state index contributed by atoms with van der Waals surface area (Å²) in [7, 11) is 0. The fourth-order valence-electron chi connectivity index (χ4n) is 1.49. The van der Waals surface area contributed by atoms with Gasteiger partial charge in [0.25, 0.3) is 0 Å². The monoisotopic (exact) mass is 248 g/mol. The summed E-state index contributed by atoms with van der Waals surface area (Å²) in [5.74, 6) is 0.278. The van der Waals surface area contributed by atoms with Crippen LogP contribution in [0.5, 0.6) is 5.75 Å². The molecule has 94 valence electrons. The molecule has 0 aliphatic heterocycles. The minimum absolute atomic E-state index is 0.0285. The molecule has 1 heterocycles. The Labute approximate surface area is 103 Å². The Balaban J connectivity index is 2.03. The van der Waals surface area contributed by atoms with Crippen molar-refractivity contribution in [1.29, 1.82) is 0 Å². The van der Waals surface area contributed by atoms with E-state index >= 15 is 0 Å². The Morgan fingerprint density at radius 3 is 3.00 bits per heavy atom. The van der Waals surface area contributed by atoms with E-state index in [-0.39, 0.29) is 11.4 Å². The zero-order valence-corrected chi connectivity index (χ0v) is 9.81. The van der Waals surface area contributed by atoms with Crippen LogP contribution in [-0.4, -0.2) is 26.3 Å². The van der Waals surface area contributed by atoms with Gasteiger partial charge < -0.3 is 4.74 Å². The maximum absolute atomic E-state index is 10.8. The molecule has 0 N–H and O–H groups in total. The van der Waals surface area contributed by atoms with Gasteiger partial charge in [0.1, 0.15) is 19.3 Å². The fraction of sp³-hybridized carbons (Fsp3) is 0.273. The Morgan fingerprint density at radius 2 is 2.33 bits per heavy atom. The SMILES string of the molecule is Cc1ccc([N+](=O)[O-])c(OCCn2cncn2)c1. The summed E-state index contributed by atoms with van der Waals surface area (Å²) >= 11 is 0. The summed E-state index contributed by atoms with van der Waals surface area (Å²) in [6, 6.07) is 4.78. The second-order valence-electron chi connectivity index (χ2n) is 3.74. The largest absolute Gasteiger partial charge is 0.485 e. The van der Waals surface area contributed by atoms with E-state index in [2.05, 4.69) is 10.1 Å². The highest BCUT2D eigenvalue weighted by atomic mass is 16.6. The van der Waals surface area contributed by atoms with Gasteiger partial charge in [0.15, 0.2) is 5.75 Å². The smallest absolute Gasteiger partial charge is 0.310 e. The van der Waals surface area contributed by atoms with E-state index in [0.29, 0.717) is 13.2 Å². The van der Waals surface area contributed by atoms with Crippen LogP contribution in [0.15, 0.2) is 30.9 Å². The number of nitrogens with zero attached hydrogens (tertiary/aromatic N) is 4. The highest BCUT2D eigenvalue weighted by Gasteiger charge is 2.14. The zero-order valence-electron chi connectivity index (χ0n) is 9.81. The lowest BCUT2D eigenvalue weighted by molar-refractivity contribution is -0.385. The molecule has 1 aromatic heterocycles. The van der Waals surface area contributed by atoms with Gasteiger partial charge in [-0.2, -0.15) is 5.10 Å². The molecule has 18 heavy (non-hydrogen) atoms. The molecule has 0 aliphatic rings. The number of ether oxygens (including phenoxy) is 1. The molecule has 0 unspecified atom stereocenters. The van der Waals surface area contributed by atoms with Crippen molar-refractivity contribution < 1.29 is 9.66 Å². The number of nitro groups is 1. The lowest BCUT2D eigenvalue weighted by Gasteiger charge is -2.07. The van der Waals surface area contributed by atoms with E-state index in [1.807, 2.05) is 6.92 Å². The summed E-state index contributed by atoms with van der Waals surface area (Å²) in [6.07, 6.45) is 2.99. The van der Waals surface area contributed by atoms with Crippen molar-refractivity contribution in [3.8, 4) is 5.75 Å². The standard InChI is InChI=1S/C11H12N4O3/c1-9-2-3-10(15(16)17)11(6-9)18-5-4-14-8-12-7-13-14/h2-3,6-8H,4-5H2,1H3. The lowest BCUT2D eigenvalue weighted by atomic mass is 10.2. The molecule has 0 bridgehead atoms. The van der Waals surface area contributed by atoms with E-state index in [4.69, 9.17) is 4.74 Å². The first-order valence-corrected chi connectivity index (χ1v) is 5.37. The van der Waals surface area contributed by atoms with Crippen molar-refractivity contribution in [2.45, 2.75) is 13.5 Å². The average Bonchev–Trinajstić information content (AvgIpc) is 2.82. The first kappa shape index (κ1) is 12.0. The number of aryl methyl sites for hydroxylation is 1. The number of hydrogen-bond donors (Lipinski definition) is 0. The average molecular weight is 248 g/mol. The topological polar surface area (TPSA) is 83.1 Å². The molecule has 0 amide bonds. The van der Waals surface area contributed by atoms with Crippen molar-refractivity contribution in [3.05, 3.63) is 46.5 Å². The second-order valence-corrected chi connectivity index (χ2v) is 3.74. The first-order valence-electron chi connectivity index (χ1n) is 5.37. The Bertz CT molecular complexity index is 539. The van der Waals surface area contributed by atoms with Crippen molar-refractivity contribution in [2.24, 2.45) is 0 Å². The van der Waals surface area contributed by atoms with Crippen LogP contribution in [0.1, 0.15) is 5.56 Å². The summed E-state index contributed by atoms with van der Waals surface area (Å²) in [5.41, 5.74) is 0.885. The molecule has 0 radical (unpaired) electrons. The third-order valence-electron chi connectivity index (χ3n) is 2.36. The molecular formula is C11H12N4O3. The van der Waals surface area contributed by atoms with Gasteiger partial charge in [-0.15, -0.1) is 0 Å². The minimum atomic E-state index is -0.454. The van der Waals surface area contributed by atoms with Crippen LogP contribution >= 0.6 is 0 Å². The first-order chi connectivity index (χ1) is 8.66. The van der Waals surface area contributed by atoms with Crippen molar-refractivity contribution in [1.82, 2.24) is 14.8 Å². The normalized spacial score (nSPS) is 10.3. The molecule has 7 heteroatoms. The van der Waals surface area contributed by atoms with Crippen LogP contribution in [0, 0.1) is 17.0 Å². The fourth-order valence-corrected chi connectivity index (χ4v) is 1.49. The number of nitro benzene ring substituents is 1. The predicted molar refractivity (Wildman–Crippen MR) is 63.4 cm³/mol. The Hall–Kier alpha value is -2.44. The van der Waals surface area contributed by atoms with E-state index < -0.39 is 4.92 Å². The molecular weight excluding hydrogens is 236 g/mol. The maximum atomic E-state index is 10.8. The van der Waals surface area contributed by atoms with Gasteiger partial charge in [-0.3, -0.25) is 10.1 Å². The lowest BCUT2D eigenvalue weighted by Crippen LogP contribution is -2.09. The van der Waals surface area contributed by atoms with Gasteiger partial charge in [-0.25, -0.2) is 9.67 Å². The third-order valence-corrected chi connectivity index (χ3v) is 2.36. The van der Waals surface area contributed by atoms with Crippen LogP contribution in [-0.2, 0) is 6.54 Å². The second kappa shape index (κ2) is 5.26. The molecule has 0 spiro atoms. The van der Waals surface area contributed by atoms with Gasteiger partial charge in [0, 0.05) is 6.07 Å². The number of benzene rings is 1. The van der Waals surface area contributed by atoms with E-state index in [1.54, 1.807) is 23.1 Å². The number of aromatic nitrogens is 3. The molecule has 7 nitrogen and oxygen atoms in total. The van der Waals surface area contributed by atoms with Crippen LogP contribution in [0.2, 0.25) is 0 Å². The van der Waals surface area contributed by atoms with E-state index in [9.17, 15) is 10.1 Å². The maximum Gasteiger partial charge on any atom is 0.310 e. The van der Waals surface area contributed by atoms with Gasteiger partial charge in [-0.1, -0.05) is 6.07 Å². The zero-order chi connectivity index (χ0) is 13.0. The molecule has 0 saturated carbocycles. The van der Waals surface area contributed by atoms with Crippen LogP contribution < -0.4 is 4.74 Å². The molecule has 2 aromatic rings. The summed E-state index contributed by atoms with van der Waals surface area (Å²) < 4.78 is 7.02. The highest BCUT2D eigenvalue weighted by molar-refractivity contribution is 5.48. The van der Waals surface area contributed by atoms with Gasteiger partial charge in [0.2, 0.25) is 0 Å². The van der Waals surface area contributed by atoms with Crippen molar-refractivity contribution >= 4 is 5.69 Å². The molecule has 0 atom stereocenters. The predicted octanol–water partition coefficient (Wildman–Crippen LogP) is 1.57. The Kier molecular flexibility index (Phi) is 3.52. The van der Waals surface area contributed by atoms with Gasteiger partial charge in [-0.05, 0) is 18.6 Å². The number of rotatable bonds is 5. The highest BCUT2D eigenvalue weighted by Crippen LogP contribution is 2.27. The van der Waals surface area contributed by atoms with Crippen LogP contribution in [0.3, 0.4) is 0 Å². The summed E-state index contributed by atoms with van der Waals surface area (Å²) in [6.45, 7) is 2.65. The van der Waals surface area contributed by atoms with Gasteiger partial charge >= 0.3 is 5.69 Å². The van der Waals surface area contributed by atoms with Crippen molar-refractivity contribution in [3.63, 3.8) is 0 Å². The number of hydrogen-bond acceptors (Lipinski definition) is 5. The molecule has 2 rings (SSSR count). The van der Waals surface area contributed by atoms with E-state index in [1.165, 1.54) is 12.4 Å². The molecule has 0 fully saturated rings. The summed E-state index contributed by atoms with van der Waals surface area (Å²) in [4.78, 5) is 14.2. The van der Waals surface area contributed by atoms with Gasteiger partial charge in [0.05, 0.1) is 11.5 Å². The third kappa shape index (κ3) is 2.82. The van der Waals surface area contributed by atoms with Crippen LogP contribution in [0.25, 0.3) is 0 Å². The summed E-state index contributed by atoms with van der Waals surface area (Å²) in [5, 5.41) is 14.7. The molecule has 0 aliphatic carbocycles. The minimum Gasteiger partial charge on any atom is -0.485 e. The quantitative estimate of drug-likeness (QED) is 0.592. The molecule has 1 aromatic carbocycles. The Morgan fingerprint density at radius 1 is 1.50 bits per heavy atom.